The molecule has 2 rings (SSSR count). The molecule has 0 aliphatic heterocycles. The molecule has 0 bridgehead atoms. The van der Waals surface area contributed by atoms with Crippen LogP contribution >= 0.6 is 22.7 Å². The first-order valence-electron chi connectivity index (χ1n) is 5.49. The Hall–Kier alpha value is -1.02. The predicted octanol–water partition coefficient (Wildman–Crippen LogP) is 2.01. The van der Waals surface area contributed by atoms with E-state index in [0.717, 1.165) is 27.2 Å². The first-order chi connectivity index (χ1) is 8.85. The third-order valence-corrected chi connectivity index (χ3v) is 4.24. The van der Waals surface area contributed by atoms with Crippen molar-refractivity contribution in [3.8, 4) is 15.6 Å². The zero-order valence-electron chi connectivity index (χ0n) is 10.3. The van der Waals surface area contributed by atoms with E-state index in [1.807, 2.05) is 11.4 Å². The maximum atomic E-state index is 5.28. The van der Waals surface area contributed by atoms with Crippen molar-refractivity contribution in [2.45, 2.75) is 6.54 Å². The molecule has 0 aliphatic rings. The summed E-state index contributed by atoms with van der Waals surface area (Å²) in [5.41, 5.74) is 0. The van der Waals surface area contributed by atoms with Gasteiger partial charge in [0.1, 0.15) is 15.6 Å². The van der Waals surface area contributed by atoms with Crippen LogP contribution in [0.3, 0.4) is 0 Å². The molecule has 0 aliphatic carbocycles. The largest absolute Gasteiger partial charge is 0.495 e. The Labute approximate surface area is 114 Å². The highest BCUT2D eigenvalue weighted by Gasteiger charge is 2.12. The fourth-order valence-corrected chi connectivity index (χ4v) is 3.16. The Balaban J connectivity index is 1.97. The van der Waals surface area contributed by atoms with E-state index in [0.29, 0.717) is 13.2 Å². The molecule has 2 heterocycles. The van der Waals surface area contributed by atoms with E-state index >= 15 is 0 Å². The Kier molecular flexibility index (Phi) is 5.06. The smallest absolute Gasteiger partial charge is 0.161 e. The van der Waals surface area contributed by atoms with E-state index in [1.54, 1.807) is 36.9 Å². The standard InChI is InChI=1S/C11H15N3O2S2/c1-15-5-4-12-7-9-13-14-11(18-9)10-8(16-2)3-6-17-10/h3,6,12H,4-5,7H2,1-2H3. The number of rotatable bonds is 7. The van der Waals surface area contributed by atoms with Crippen molar-refractivity contribution in [1.82, 2.24) is 15.5 Å². The average molecular weight is 285 g/mol. The minimum absolute atomic E-state index is 0.699. The summed E-state index contributed by atoms with van der Waals surface area (Å²) in [5, 5.41) is 15.5. The van der Waals surface area contributed by atoms with Crippen LogP contribution in [-0.2, 0) is 11.3 Å². The highest BCUT2D eigenvalue weighted by Crippen LogP contribution is 2.36. The topological polar surface area (TPSA) is 56.3 Å². The van der Waals surface area contributed by atoms with E-state index in [2.05, 4.69) is 15.5 Å². The second-order valence-corrected chi connectivity index (χ2v) is 5.47. The van der Waals surface area contributed by atoms with Crippen molar-refractivity contribution in [3.05, 3.63) is 16.5 Å². The van der Waals surface area contributed by atoms with Gasteiger partial charge in [0.15, 0.2) is 5.01 Å². The van der Waals surface area contributed by atoms with E-state index in [-0.39, 0.29) is 0 Å². The Morgan fingerprint density at radius 1 is 1.33 bits per heavy atom. The van der Waals surface area contributed by atoms with Gasteiger partial charge in [0, 0.05) is 20.2 Å². The summed E-state index contributed by atoms with van der Waals surface area (Å²) in [7, 11) is 3.35. The summed E-state index contributed by atoms with van der Waals surface area (Å²) >= 11 is 3.20. The predicted molar refractivity (Wildman–Crippen MR) is 73.4 cm³/mol. The number of ether oxygens (including phenoxy) is 2. The molecule has 0 amide bonds. The van der Waals surface area contributed by atoms with E-state index in [9.17, 15) is 0 Å². The second-order valence-electron chi connectivity index (χ2n) is 3.49. The van der Waals surface area contributed by atoms with Gasteiger partial charge in [-0.05, 0) is 11.4 Å². The summed E-state index contributed by atoms with van der Waals surface area (Å²) in [6, 6.07) is 1.94. The fourth-order valence-electron chi connectivity index (χ4n) is 1.40. The van der Waals surface area contributed by atoms with Crippen LogP contribution in [0.2, 0.25) is 0 Å². The van der Waals surface area contributed by atoms with Crippen LogP contribution in [0.15, 0.2) is 11.4 Å². The van der Waals surface area contributed by atoms with Crippen LogP contribution in [0.4, 0.5) is 0 Å². The molecular weight excluding hydrogens is 270 g/mol. The number of hydrogen-bond acceptors (Lipinski definition) is 7. The average Bonchev–Trinajstić information content (AvgIpc) is 3.02. The van der Waals surface area contributed by atoms with Crippen LogP contribution in [0.1, 0.15) is 5.01 Å². The first-order valence-corrected chi connectivity index (χ1v) is 7.18. The van der Waals surface area contributed by atoms with Gasteiger partial charge in [-0.15, -0.1) is 21.5 Å². The summed E-state index contributed by atoms with van der Waals surface area (Å²) in [6.45, 7) is 2.23. The minimum atomic E-state index is 0.699. The molecule has 7 heteroatoms. The third-order valence-electron chi connectivity index (χ3n) is 2.27. The molecule has 2 aromatic rings. The highest BCUT2D eigenvalue weighted by atomic mass is 32.1. The van der Waals surface area contributed by atoms with Crippen molar-refractivity contribution in [1.29, 1.82) is 0 Å². The number of aromatic nitrogens is 2. The molecule has 0 radical (unpaired) electrons. The van der Waals surface area contributed by atoms with Crippen molar-refractivity contribution in [2.75, 3.05) is 27.4 Å². The second kappa shape index (κ2) is 6.79. The lowest BCUT2D eigenvalue weighted by Gasteiger charge is -1.99. The molecule has 5 nitrogen and oxygen atoms in total. The Morgan fingerprint density at radius 2 is 2.22 bits per heavy atom. The van der Waals surface area contributed by atoms with Crippen molar-refractivity contribution in [2.24, 2.45) is 0 Å². The lowest BCUT2D eigenvalue weighted by atomic mass is 10.4. The summed E-state index contributed by atoms with van der Waals surface area (Å²) in [6.07, 6.45) is 0. The molecule has 0 saturated heterocycles. The van der Waals surface area contributed by atoms with Gasteiger partial charge >= 0.3 is 0 Å². The third kappa shape index (κ3) is 3.26. The normalized spacial score (nSPS) is 10.8. The molecule has 1 N–H and O–H groups in total. The molecule has 18 heavy (non-hydrogen) atoms. The number of nitrogens with one attached hydrogen (secondary N) is 1. The summed E-state index contributed by atoms with van der Waals surface area (Å²) in [4.78, 5) is 1.04. The lowest BCUT2D eigenvalue weighted by Crippen LogP contribution is -2.18. The maximum Gasteiger partial charge on any atom is 0.161 e. The van der Waals surface area contributed by atoms with Crippen LogP contribution in [0, 0.1) is 0 Å². The fraction of sp³-hybridized carbons (Fsp3) is 0.455. The molecule has 0 spiro atoms. The summed E-state index contributed by atoms with van der Waals surface area (Å²) in [5.74, 6) is 0.857. The van der Waals surface area contributed by atoms with Gasteiger partial charge in [0.05, 0.1) is 13.7 Å². The molecule has 0 saturated carbocycles. The first kappa shape index (κ1) is 13.4. The van der Waals surface area contributed by atoms with Crippen molar-refractivity contribution in [3.63, 3.8) is 0 Å². The SMILES string of the molecule is COCCNCc1nnc(-c2sccc2OC)s1. The van der Waals surface area contributed by atoms with E-state index < -0.39 is 0 Å². The molecular formula is C11H15N3O2S2. The number of methoxy groups -OCH3 is 2. The lowest BCUT2D eigenvalue weighted by molar-refractivity contribution is 0.199. The van der Waals surface area contributed by atoms with Gasteiger partial charge in [-0.3, -0.25) is 0 Å². The molecule has 2 aromatic heterocycles. The zero-order chi connectivity index (χ0) is 12.8. The van der Waals surface area contributed by atoms with Gasteiger partial charge in [0.2, 0.25) is 0 Å². The van der Waals surface area contributed by atoms with E-state index in [1.165, 1.54) is 0 Å². The number of hydrogen-bond donors (Lipinski definition) is 1. The van der Waals surface area contributed by atoms with Gasteiger partial charge in [0.25, 0.3) is 0 Å². The highest BCUT2D eigenvalue weighted by molar-refractivity contribution is 7.21. The van der Waals surface area contributed by atoms with Crippen molar-refractivity contribution < 1.29 is 9.47 Å². The van der Waals surface area contributed by atoms with Crippen molar-refractivity contribution >= 4 is 22.7 Å². The quantitative estimate of drug-likeness (QED) is 0.789. The maximum absolute atomic E-state index is 5.28. The number of thiophene rings is 1. The summed E-state index contributed by atoms with van der Waals surface area (Å²) < 4.78 is 10.2. The number of nitrogens with zero attached hydrogens (tertiary/aromatic N) is 2. The Morgan fingerprint density at radius 3 is 3.00 bits per heavy atom. The van der Waals surface area contributed by atoms with Crippen LogP contribution < -0.4 is 10.1 Å². The van der Waals surface area contributed by atoms with Crippen LogP contribution in [0.25, 0.3) is 9.88 Å². The minimum Gasteiger partial charge on any atom is -0.495 e. The zero-order valence-corrected chi connectivity index (χ0v) is 11.9. The molecule has 0 unspecified atom stereocenters. The molecule has 0 aromatic carbocycles. The van der Waals surface area contributed by atoms with Crippen LogP contribution in [-0.4, -0.2) is 37.6 Å². The van der Waals surface area contributed by atoms with Gasteiger partial charge in [-0.2, -0.15) is 0 Å². The van der Waals surface area contributed by atoms with Gasteiger partial charge < -0.3 is 14.8 Å². The Bertz CT molecular complexity index is 484. The van der Waals surface area contributed by atoms with E-state index in [4.69, 9.17) is 9.47 Å². The molecule has 0 atom stereocenters. The van der Waals surface area contributed by atoms with Crippen LogP contribution in [0.5, 0.6) is 5.75 Å². The molecule has 98 valence electrons. The van der Waals surface area contributed by atoms with Gasteiger partial charge in [-0.1, -0.05) is 11.3 Å². The molecule has 0 fully saturated rings. The van der Waals surface area contributed by atoms with Gasteiger partial charge in [-0.25, -0.2) is 0 Å². The monoisotopic (exact) mass is 285 g/mol.